The van der Waals surface area contributed by atoms with Gasteiger partial charge in [-0.3, -0.25) is 0 Å². The number of ether oxygens (including phenoxy) is 1. The summed E-state index contributed by atoms with van der Waals surface area (Å²) in [6.07, 6.45) is 1.85. The molecule has 1 aromatic rings. The van der Waals surface area contributed by atoms with E-state index >= 15 is 0 Å². The Labute approximate surface area is 103 Å². The van der Waals surface area contributed by atoms with E-state index in [2.05, 4.69) is 23.5 Å². The first-order chi connectivity index (χ1) is 8.29. The van der Waals surface area contributed by atoms with Crippen LogP contribution in [0.25, 0.3) is 0 Å². The highest BCUT2D eigenvalue weighted by Gasteiger charge is 2.26. The van der Waals surface area contributed by atoms with Gasteiger partial charge in [-0.15, -0.1) is 0 Å². The van der Waals surface area contributed by atoms with E-state index < -0.39 is 0 Å². The number of aliphatic hydroxyl groups is 1. The summed E-state index contributed by atoms with van der Waals surface area (Å²) in [5.41, 5.74) is 2.55. The molecule has 1 aliphatic carbocycles. The molecular weight excluding hydrogens is 214 g/mol. The first-order valence-electron chi connectivity index (χ1n) is 6.24. The summed E-state index contributed by atoms with van der Waals surface area (Å²) in [5.74, 6) is 0.652. The molecular formula is C14H21NO2. The van der Waals surface area contributed by atoms with E-state index in [0.29, 0.717) is 12.5 Å². The Balaban J connectivity index is 1.77. The normalized spacial score (nSPS) is 23.4. The first-order valence-corrected chi connectivity index (χ1v) is 6.24. The highest BCUT2D eigenvalue weighted by atomic mass is 16.5. The standard InChI is InChI=1S/C14H21NO2/c1-17-10-13-5-3-2-4-12(13)9-15-8-11-6-14(16)7-11/h2-5,11,14-16H,6-10H2,1H3. The monoisotopic (exact) mass is 235 g/mol. The molecule has 3 heteroatoms. The molecule has 94 valence electrons. The highest BCUT2D eigenvalue weighted by molar-refractivity contribution is 5.26. The van der Waals surface area contributed by atoms with Gasteiger partial charge in [-0.25, -0.2) is 0 Å². The van der Waals surface area contributed by atoms with E-state index in [0.717, 1.165) is 25.9 Å². The number of rotatable bonds is 6. The summed E-state index contributed by atoms with van der Waals surface area (Å²) >= 11 is 0. The summed E-state index contributed by atoms with van der Waals surface area (Å²) in [5, 5.41) is 12.7. The zero-order valence-corrected chi connectivity index (χ0v) is 10.4. The van der Waals surface area contributed by atoms with E-state index in [1.807, 2.05) is 6.07 Å². The van der Waals surface area contributed by atoms with Crippen molar-refractivity contribution in [1.82, 2.24) is 5.32 Å². The first kappa shape index (κ1) is 12.6. The number of methoxy groups -OCH3 is 1. The van der Waals surface area contributed by atoms with Crippen molar-refractivity contribution in [2.24, 2.45) is 5.92 Å². The van der Waals surface area contributed by atoms with Gasteiger partial charge < -0.3 is 15.2 Å². The molecule has 0 saturated heterocycles. The molecule has 1 fully saturated rings. The van der Waals surface area contributed by atoms with Crippen LogP contribution in [0.4, 0.5) is 0 Å². The summed E-state index contributed by atoms with van der Waals surface area (Å²) < 4.78 is 5.18. The van der Waals surface area contributed by atoms with Crippen LogP contribution in [0.15, 0.2) is 24.3 Å². The molecule has 3 nitrogen and oxygen atoms in total. The fraction of sp³-hybridized carbons (Fsp3) is 0.571. The second kappa shape index (κ2) is 6.15. The van der Waals surface area contributed by atoms with Gasteiger partial charge in [-0.1, -0.05) is 24.3 Å². The predicted molar refractivity (Wildman–Crippen MR) is 67.6 cm³/mol. The molecule has 0 amide bonds. The highest BCUT2D eigenvalue weighted by Crippen LogP contribution is 2.26. The molecule has 2 rings (SSSR count). The van der Waals surface area contributed by atoms with Crippen LogP contribution in [0.1, 0.15) is 24.0 Å². The Morgan fingerprint density at radius 1 is 1.29 bits per heavy atom. The Kier molecular flexibility index (Phi) is 4.54. The third kappa shape index (κ3) is 3.53. The van der Waals surface area contributed by atoms with Crippen molar-refractivity contribution >= 4 is 0 Å². The maximum absolute atomic E-state index is 9.20. The lowest BCUT2D eigenvalue weighted by Crippen LogP contribution is -2.36. The van der Waals surface area contributed by atoms with Crippen LogP contribution in [0, 0.1) is 5.92 Å². The van der Waals surface area contributed by atoms with Crippen LogP contribution in [-0.4, -0.2) is 24.9 Å². The largest absolute Gasteiger partial charge is 0.393 e. The number of aliphatic hydroxyl groups excluding tert-OH is 1. The van der Waals surface area contributed by atoms with E-state index in [1.165, 1.54) is 11.1 Å². The van der Waals surface area contributed by atoms with Crippen molar-refractivity contribution in [3.05, 3.63) is 35.4 Å². The van der Waals surface area contributed by atoms with E-state index in [-0.39, 0.29) is 6.10 Å². The maximum Gasteiger partial charge on any atom is 0.0716 e. The quantitative estimate of drug-likeness (QED) is 0.788. The van der Waals surface area contributed by atoms with Crippen LogP contribution >= 0.6 is 0 Å². The Morgan fingerprint density at radius 3 is 2.65 bits per heavy atom. The Morgan fingerprint density at radius 2 is 2.00 bits per heavy atom. The van der Waals surface area contributed by atoms with Gasteiger partial charge in [-0.05, 0) is 36.4 Å². The van der Waals surface area contributed by atoms with Crippen LogP contribution in [-0.2, 0) is 17.9 Å². The smallest absolute Gasteiger partial charge is 0.0716 e. The number of hydrogen-bond acceptors (Lipinski definition) is 3. The van der Waals surface area contributed by atoms with Crippen molar-refractivity contribution in [2.45, 2.75) is 32.1 Å². The van der Waals surface area contributed by atoms with Crippen molar-refractivity contribution in [3.63, 3.8) is 0 Å². The summed E-state index contributed by atoms with van der Waals surface area (Å²) in [6, 6.07) is 8.34. The molecule has 1 aromatic carbocycles. The van der Waals surface area contributed by atoms with Gasteiger partial charge in [0.1, 0.15) is 0 Å². The Bertz CT molecular complexity index is 348. The van der Waals surface area contributed by atoms with Gasteiger partial charge >= 0.3 is 0 Å². The number of benzene rings is 1. The van der Waals surface area contributed by atoms with Gasteiger partial charge in [0.25, 0.3) is 0 Å². The summed E-state index contributed by atoms with van der Waals surface area (Å²) in [6.45, 7) is 2.55. The molecule has 1 aliphatic rings. The maximum atomic E-state index is 9.20. The van der Waals surface area contributed by atoms with E-state index in [4.69, 9.17) is 4.74 Å². The lowest BCUT2D eigenvalue weighted by molar-refractivity contribution is 0.0429. The number of hydrogen-bond donors (Lipinski definition) is 2. The SMILES string of the molecule is COCc1ccccc1CNCC1CC(O)C1. The Hall–Kier alpha value is -0.900. The molecule has 0 aliphatic heterocycles. The van der Waals surface area contributed by atoms with Gasteiger partial charge in [-0.2, -0.15) is 0 Å². The zero-order valence-electron chi connectivity index (χ0n) is 10.4. The van der Waals surface area contributed by atoms with Gasteiger partial charge in [0.2, 0.25) is 0 Å². The van der Waals surface area contributed by atoms with E-state index in [9.17, 15) is 5.11 Å². The molecule has 0 bridgehead atoms. The molecule has 2 N–H and O–H groups in total. The van der Waals surface area contributed by atoms with Crippen LogP contribution in [0.5, 0.6) is 0 Å². The van der Waals surface area contributed by atoms with Crippen molar-refractivity contribution < 1.29 is 9.84 Å². The molecule has 17 heavy (non-hydrogen) atoms. The second-order valence-corrected chi connectivity index (χ2v) is 4.82. The molecule has 0 aromatic heterocycles. The molecule has 0 atom stereocenters. The summed E-state index contributed by atoms with van der Waals surface area (Å²) in [7, 11) is 1.72. The molecule has 0 heterocycles. The molecule has 0 unspecified atom stereocenters. The van der Waals surface area contributed by atoms with Crippen molar-refractivity contribution in [1.29, 1.82) is 0 Å². The molecule has 0 spiro atoms. The fourth-order valence-corrected chi connectivity index (χ4v) is 2.30. The van der Waals surface area contributed by atoms with Gasteiger partial charge in [0, 0.05) is 13.7 Å². The van der Waals surface area contributed by atoms with Crippen LogP contribution in [0.2, 0.25) is 0 Å². The topological polar surface area (TPSA) is 41.5 Å². The predicted octanol–water partition coefficient (Wildman–Crippen LogP) is 1.69. The minimum absolute atomic E-state index is 0.0532. The van der Waals surface area contributed by atoms with Crippen LogP contribution in [0.3, 0.4) is 0 Å². The van der Waals surface area contributed by atoms with Crippen molar-refractivity contribution in [3.8, 4) is 0 Å². The van der Waals surface area contributed by atoms with Crippen molar-refractivity contribution in [2.75, 3.05) is 13.7 Å². The molecule has 0 radical (unpaired) electrons. The van der Waals surface area contributed by atoms with Gasteiger partial charge in [0.15, 0.2) is 0 Å². The summed E-state index contributed by atoms with van der Waals surface area (Å²) in [4.78, 5) is 0. The third-order valence-electron chi connectivity index (χ3n) is 3.38. The minimum atomic E-state index is -0.0532. The zero-order chi connectivity index (χ0) is 12.1. The lowest BCUT2D eigenvalue weighted by Gasteiger charge is -2.31. The third-order valence-corrected chi connectivity index (χ3v) is 3.38. The lowest BCUT2D eigenvalue weighted by atomic mass is 9.82. The average Bonchev–Trinajstić information content (AvgIpc) is 2.29. The fourth-order valence-electron chi connectivity index (χ4n) is 2.30. The van der Waals surface area contributed by atoms with E-state index in [1.54, 1.807) is 7.11 Å². The molecule has 1 saturated carbocycles. The van der Waals surface area contributed by atoms with Gasteiger partial charge in [0.05, 0.1) is 12.7 Å². The average molecular weight is 235 g/mol. The van der Waals surface area contributed by atoms with Crippen LogP contribution < -0.4 is 5.32 Å². The minimum Gasteiger partial charge on any atom is -0.393 e. The number of nitrogens with one attached hydrogen (secondary N) is 1. The second-order valence-electron chi connectivity index (χ2n) is 4.82.